The first-order chi connectivity index (χ1) is 31.6. The number of quaternary nitrogens is 1. The second kappa shape index (κ2) is 47.7. The van der Waals surface area contributed by atoms with E-state index in [0.717, 1.165) is 70.6 Å². The summed E-state index contributed by atoms with van der Waals surface area (Å²) in [6.45, 7) is 4.62. The number of allylic oxidation sites excluding steroid dienone is 8. The summed E-state index contributed by atoms with van der Waals surface area (Å²) in [4.78, 5) is 37.2. The number of carbonyl (C=O) groups excluding carboxylic acids is 3. The van der Waals surface area contributed by atoms with Crippen molar-refractivity contribution in [2.75, 3.05) is 47.5 Å². The number of rotatable bonds is 49. The van der Waals surface area contributed by atoms with Crippen molar-refractivity contribution in [3.63, 3.8) is 0 Å². The average Bonchev–Trinajstić information content (AvgIpc) is 3.27. The van der Waals surface area contributed by atoms with Gasteiger partial charge >= 0.3 is 11.9 Å². The topological polar surface area (TPSA) is 111 Å². The molecular formula is C56H101NO8. The van der Waals surface area contributed by atoms with Crippen molar-refractivity contribution in [1.29, 1.82) is 0 Å². The van der Waals surface area contributed by atoms with Crippen LogP contribution in [0.15, 0.2) is 48.6 Å². The number of carboxylic acids is 1. The number of aliphatic carboxylic acids is 1. The number of likely N-dealkylation sites (N-methyl/N-ethyl adjacent to an activating group) is 1. The maximum Gasteiger partial charge on any atom is 0.306 e. The Morgan fingerprint density at radius 3 is 1.31 bits per heavy atom. The molecule has 0 aliphatic rings. The minimum absolute atomic E-state index is 0.142. The Hall–Kier alpha value is -2.75. The van der Waals surface area contributed by atoms with E-state index < -0.39 is 24.3 Å². The molecule has 65 heavy (non-hydrogen) atoms. The van der Waals surface area contributed by atoms with Crippen molar-refractivity contribution in [2.24, 2.45) is 0 Å². The number of hydrogen-bond donors (Lipinski definition) is 0. The van der Waals surface area contributed by atoms with Gasteiger partial charge in [0.15, 0.2) is 12.4 Å². The number of carbonyl (C=O) groups is 3. The van der Waals surface area contributed by atoms with Crippen molar-refractivity contribution < 1.29 is 42.9 Å². The Morgan fingerprint density at radius 2 is 0.877 bits per heavy atom. The van der Waals surface area contributed by atoms with Crippen molar-refractivity contribution in [2.45, 2.75) is 245 Å². The van der Waals surface area contributed by atoms with Gasteiger partial charge in [0.25, 0.3) is 0 Å². The van der Waals surface area contributed by atoms with E-state index in [9.17, 15) is 19.5 Å². The van der Waals surface area contributed by atoms with Crippen molar-refractivity contribution in [1.82, 2.24) is 0 Å². The van der Waals surface area contributed by atoms with E-state index in [0.29, 0.717) is 17.4 Å². The molecule has 0 aliphatic carbocycles. The summed E-state index contributed by atoms with van der Waals surface area (Å²) < 4.78 is 22.6. The van der Waals surface area contributed by atoms with Crippen LogP contribution in [0.1, 0.15) is 232 Å². The lowest BCUT2D eigenvalue weighted by Crippen LogP contribution is -2.44. The Balaban J connectivity index is 4.29. The lowest BCUT2D eigenvalue weighted by molar-refractivity contribution is -0.870. The van der Waals surface area contributed by atoms with E-state index >= 15 is 0 Å². The molecule has 0 fully saturated rings. The molecule has 378 valence electrons. The van der Waals surface area contributed by atoms with Crippen molar-refractivity contribution >= 4 is 17.9 Å². The van der Waals surface area contributed by atoms with Crippen LogP contribution in [0.5, 0.6) is 0 Å². The summed E-state index contributed by atoms with van der Waals surface area (Å²) in [6, 6.07) is 0. The van der Waals surface area contributed by atoms with Crippen LogP contribution in [0, 0.1) is 0 Å². The van der Waals surface area contributed by atoms with Gasteiger partial charge in [0.1, 0.15) is 13.2 Å². The van der Waals surface area contributed by atoms with Crippen LogP contribution in [0.2, 0.25) is 0 Å². The molecule has 2 atom stereocenters. The van der Waals surface area contributed by atoms with Gasteiger partial charge in [-0.3, -0.25) is 9.59 Å². The second-order valence-electron chi connectivity index (χ2n) is 19.1. The van der Waals surface area contributed by atoms with Crippen LogP contribution in [-0.4, -0.2) is 82.3 Å². The van der Waals surface area contributed by atoms with Crippen LogP contribution in [0.4, 0.5) is 0 Å². The number of unbranched alkanes of at least 4 members (excludes halogenated alkanes) is 26. The molecule has 0 amide bonds. The third kappa shape index (κ3) is 49.0. The van der Waals surface area contributed by atoms with Gasteiger partial charge < -0.3 is 33.3 Å². The minimum Gasteiger partial charge on any atom is -0.545 e. The Bertz CT molecular complexity index is 1210. The van der Waals surface area contributed by atoms with Gasteiger partial charge in [-0.1, -0.05) is 217 Å². The molecule has 2 unspecified atom stereocenters. The van der Waals surface area contributed by atoms with Crippen LogP contribution >= 0.6 is 0 Å². The quantitative estimate of drug-likeness (QED) is 0.0195. The molecule has 0 saturated heterocycles. The first kappa shape index (κ1) is 62.2. The number of carboxylic acid groups (broad SMARTS) is 1. The van der Waals surface area contributed by atoms with E-state index in [1.54, 1.807) is 0 Å². The fourth-order valence-electron chi connectivity index (χ4n) is 7.47. The molecule has 0 aromatic carbocycles. The van der Waals surface area contributed by atoms with Gasteiger partial charge in [-0.15, -0.1) is 0 Å². The maximum atomic E-state index is 12.8. The van der Waals surface area contributed by atoms with E-state index in [1.165, 1.54) is 128 Å². The van der Waals surface area contributed by atoms with Gasteiger partial charge in [-0.2, -0.15) is 0 Å². The summed E-state index contributed by atoms with van der Waals surface area (Å²) in [6.07, 6.45) is 54.4. The highest BCUT2D eigenvalue weighted by Crippen LogP contribution is 2.16. The number of nitrogens with zero attached hydrogens (tertiary/aromatic N) is 1. The first-order valence-electron chi connectivity index (χ1n) is 26.8. The molecule has 0 saturated carbocycles. The first-order valence-corrected chi connectivity index (χ1v) is 26.8. The summed E-state index contributed by atoms with van der Waals surface area (Å²) in [5.74, 6) is -2.31. The fourth-order valence-corrected chi connectivity index (χ4v) is 7.47. The SMILES string of the molecule is CC/C=C\C/C=C\C/C=C\C/C=C\CCCCCCC(=O)OC(COC(=O)CCCCCCCCCCCCCCCCCCCCCCCCC)COC(OCC[N+](C)(C)C)C(=O)[O-]. The molecule has 0 bridgehead atoms. The summed E-state index contributed by atoms with van der Waals surface area (Å²) in [7, 11) is 5.91. The van der Waals surface area contributed by atoms with Gasteiger partial charge in [-0.05, 0) is 51.4 Å². The molecule has 0 spiro atoms. The van der Waals surface area contributed by atoms with Crippen molar-refractivity contribution in [3.05, 3.63) is 48.6 Å². The van der Waals surface area contributed by atoms with Crippen LogP contribution in [0.25, 0.3) is 0 Å². The fraction of sp³-hybridized carbons (Fsp3) is 0.804. The lowest BCUT2D eigenvalue weighted by atomic mass is 10.0. The highest BCUT2D eigenvalue weighted by molar-refractivity contribution is 5.70. The van der Waals surface area contributed by atoms with Gasteiger partial charge in [0.2, 0.25) is 0 Å². The Labute approximate surface area is 400 Å². The van der Waals surface area contributed by atoms with Crippen LogP contribution < -0.4 is 5.11 Å². The van der Waals surface area contributed by atoms with E-state index in [-0.39, 0.29) is 38.6 Å². The molecular weight excluding hydrogens is 815 g/mol. The monoisotopic (exact) mass is 916 g/mol. The van der Waals surface area contributed by atoms with E-state index in [4.69, 9.17) is 18.9 Å². The van der Waals surface area contributed by atoms with Crippen LogP contribution in [0.3, 0.4) is 0 Å². The predicted molar refractivity (Wildman–Crippen MR) is 269 cm³/mol. The molecule has 0 heterocycles. The number of ether oxygens (including phenoxy) is 4. The molecule has 0 radical (unpaired) electrons. The largest absolute Gasteiger partial charge is 0.545 e. The van der Waals surface area contributed by atoms with Crippen molar-refractivity contribution in [3.8, 4) is 0 Å². The molecule has 0 N–H and O–H groups in total. The molecule has 0 aromatic heterocycles. The summed E-state index contributed by atoms with van der Waals surface area (Å²) in [5.41, 5.74) is 0. The normalized spacial score (nSPS) is 13.2. The third-order valence-corrected chi connectivity index (χ3v) is 11.6. The molecule has 0 rings (SSSR count). The molecule has 0 aliphatic heterocycles. The molecule has 0 aromatic rings. The Morgan fingerprint density at radius 1 is 0.477 bits per heavy atom. The predicted octanol–water partition coefficient (Wildman–Crippen LogP) is 13.8. The van der Waals surface area contributed by atoms with Gasteiger partial charge in [0.05, 0.1) is 40.3 Å². The summed E-state index contributed by atoms with van der Waals surface area (Å²) in [5, 5.41) is 11.7. The minimum atomic E-state index is -1.63. The highest BCUT2D eigenvalue weighted by atomic mass is 16.7. The zero-order valence-electron chi connectivity index (χ0n) is 42.9. The zero-order chi connectivity index (χ0) is 47.7. The number of esters is 2. The smallest absolute Gasteiger partial charge is 0.306 e. The van der Waals surface area contributed by atoms with E-state index in [1.807, 2.05) is 21.1 Å². The van der Waals surface area contributed by atoms with Crippen LogP contribution in [-0.2, 0) is 33.3 Å². The summed E-state index contributed by atoms with van der Waals surface area (Å²) >= 11 is 0. The molecule has 9 heteroatoms. The lowest BCUT2D eigenvalue weighted by Gasteiger charge is -2.26. The maximum absolute atomic E-state index is 12.8. The highest BCUT2D eigenvalue weighted by Gasteiger charge is 2.22. The average molecular weight is 916 g/mol. The standard InChI is InChI=1S/C56H101NO8/c1-6-8-10-12-14-16-18-20-22-24-25-26-27-28-29-31-32-34-36-38-40-42-44-46-53(58)63-50-52(51-64-56(55(60)61)62-49-48-57(3,4)5)65-54(59)47-45-43-41-39-37-35-33-30-23-21-19-17-15-13-11-9-7-2/h9,11,15,17,21,23,33,35,52,56H,6-8,10,12-14,16,18-20,22,24-32,34,36-51H2,1-5H3/b11-9-,17-15-,23-21-,35-33-. The molecule has 9 nitrogen and oxygen atoms in total. The van der Waals surface area contributed by atoms with Gasteiger partial charge in [-0.25, -0.2) is 0 Å². The second-order valence-corrected chi connectivity index (χ2v) is 19.1. The van der Waals surface area contributed by atoms with E-state index in [2.05, 4.69) is 62.5 Å². The zero-order valence-corrected chi connectivity index (χ0v) is 42.9. The Kier molecular flexibility index (Phi) is 45.7. The number of hydrogen-bond acceptors (Lipinski definition) is 8. The van der Waals surface area contributed by atoms with Gasteiger partial charge in [0, 0.05) is 12.8 Å². The third-order valence-electron chi connectivity index (χ3n) is 11.6.